The molecule has 1 aromatic carbocycles. The number of hydrogen-bond donors (Lipinski definition) is 0. The van der Waals surface area contributed by atoms with Crippen LogP contribution in [0, 0.1) is 5.92 Å². The summed E-state index contributed by atoms with van der Waals surface area (Å²) in [4.78, 5) is 24.5. The standard InChI is InChI=1S/C15H18O3S/c1-3-4-7-18-11-5-6-12-14(8-11)19-9-13(10(2)16)15(12)17/h5-6,8,13H,3-4,7,9H2,1-2H3. The Morgan fingerprint density at radius 1 is 1.47 bits per heavy atom. The van der Waals surface area contributed by atoms with Gasteiger partial charge < -0.3 is 4.74 Å². The molecule has 0 N–H and O–H groups in total. The van der Waals surface area contributed by atoms with Crippen LogP contribution in [0.25, 0.3) is 0 Å². The number of fused-ring (bicyclic) bond motifs is 1. The maximum atomic E-state index is 12.2. The first kappa shape index (κ1) is 14.1. The Morgan fingerprint density at radius 2 is 2.26 bits per heavy atom. The number of Topliss-reactive ketones (excluding diaryl/α,β-unsaturated/α-hetero) is 2. The highest BCUT2D eigenvalue weighted by atomic mass is 32.2. The lowest BCUT2D eigenvalue weighted by Gasteiger charge is -2.21. The molecule has 102 valence electrons. The van der Waals surface area contributed by atoms with Crippen molar-refractivity contribution in [3.05, 3.63) is 23.8 Å². The second-order valence-electron chi connectivity index (χ2n) is 4.70. The molecule has 0 saturated carbocycles. The fraction of sp³-hybridized carbons (Fsp3) is 0.467. The summed E-state index contributed by atoms with van der Waals surface area (Å²) in [7, 11) is 0. The molecule has 0 saturated heterocycles. The van der Waals surface area contributed by atoms with Crippen LogP contribution < -0.4 is 4.74 Å². The fourth-order valence-corrected chi connectivity index (χ4v) is 3.24. The number of ketones is 2. The molecule has 1 aliphatic rings. The molecule has 1 unspecified atom stereocenters. The van der Waals surface area contributed by atoms with E-state index >= 15 is 0 Å². The first-order chi connectivity index (χ1) is 9.13. The van der Waals surface area contributed by atoms with Crippen LogP contribution in [0.2, 0.25) is 0 Å². The minimum absolute atomic E-state index is 0.0496. The molecule has 0 aliphatic carbocycles. The predicted octanol–water partition coefficient (Wildman–Crippen LogP) is 3.36. The van der Waals surface area contributed by atoms with Crippen molar-refractivity contribution in [3.8, 4) is 5.75 Å². The Kier molecular flexibility index (Phi) is 4.64. The first-order valence-electron chi connectivity index (χ1n) is 6.57. The number of benzene rings is 1. The Labute approximate surface area is 117 Å². The van der Waals surface area contributed by atoms with Crippen LogP contribution in [0.3, 0.4) is 0 Å². The number of carbonyl (C=O) groups is 2. The van der Waals surface area contributed by atoms with Crippen molar-refractivity contribution in [1.29, 1.82) is 0 Å². The summed E-state index contributed by atoms with van der Waals surface area (Å²) in [6, 6.07) is 5.50. The summed E-state index contributed by atoms with van der Waals surface area (Å²) in [5, 5.41) is 0. The lowest BCUT2D eigenvalue weighted by Crippen LogP contribution is -2.28. The molecule has 1 heterocycles. The molecular weight excluding hydrogens is 260 g/mol. The molecule has 1 aromatic rings. The monoisotopic (exact) mass is 278 g/mol. The Hall–Kier alpha value is -1.29. The van der Waals surface area contributed by atoms with E-state index in [0.29, 0.717) is 17.9 Å². The average Bonchev–Trinajstić information content (AvgIpc) is 2.39. The number of unbranched alkanes of at least 4 members (excludes halogenated alkanes) is 1. The van der Waals surface area contributed by atoms with Gasteiger partial charge in [-0.1, -0.05) is 13.3 Å². The summed E-state index contributed by atoms with van der Waals surface area (Å²) in [6.07, 6.45) is 2.12. The van der Waals surface area contributed by atoms with Crippen molar-refractivity contribution in [1.82, 2.24) is 0 Å². The van der Waals surface area contributed by atoms with Gasteiger partial charge in [0.15, 0.2) is 5.78 Å². The van der Waals surface area contributed by atoms with Gasteiger partial charge in [0, 0.05) is 16.2 Å². The van der Waals surface area contributed by atoms with Crippen molar-refractivity contribution >= 4 is 23.3 Å². The Balaban J connectivity index is 2.15. The van der Waals surface area contributed by atoms with E-state index in [2.05, 4.69) is 6.92 Å². The number of rotatable bonds is 5. The molecule has 0 fully saturated rings. The zero-order valence-corrected chi connectivity index (χ0v) is 12.1. The minimum Gasteiger partial charge on any atom is -0.494 e. The van der Waals surface area contributed by atoms with Gasteiger partial charge in [-0.2, -0.15) is 0 Å². The second kappa shape index (κ2) is 6.24. The van der Waals surface area contributed by atoms with E-state index in [-0.39, 0.29) is 11.6 Å². The van der Waals surface area contributed by atoms with Crippen LogP contribution in [-0.4, -0.2) is 23.9 Å². The van der Waals surface area contributed by atoms with Gasteiger partial charge in [-0.3, -0.25) is 9.59 Å². The molecule has 0 aromatic heterocycles. The Morgan fingerprint density at radius 3 is 2.95 bits per heavy atom. The topological polar surface area (TPSA) is 43.4 Å². The largest absolute Gasteiger partial charge is 0.494 e. The maximum Gasteiger partial charge on any atom is 0.175 e. The second-order valence-corrected chi connectivity index (χ2v) is 5.76. The van der Waals surface area contributed by atoms with Crippen LogP contribution in [0.5, 0.6) is 5.75 Å². The maximum absolute atomic E-state index is 12.2. The zero-order chi connectivity index (χ0) is 13.8. The highest BCUT2D eigenvalue weighted by molar-refractivity contribution is 7.99. The molecule has 0 bridgehead atoms. The van der Waals surface area contributed by atoms with Gasteiger partial charge in [-0.25, -0.2) is 0 Å². The molecule has 0 radical (unpaired) electrons. The molecule has 4 heteroatoms. The van der Waals surface area contributed by atoms with Crippen LogP contribution in [0.4, 0.5) is 0 Å². The van der Waals surface area contributed by atoms with Gasteiger partial charge in [0.2, 0.25) is 0 Å². The molecule has 1 atom stereocenters. The molecule has 0 amide bonds. The molecule has 1 aliphatic heterocycles. The van der Waals surface area contributed by atoms with Crippen molar-refractivity contribution in [2.24, 2.45) is 5.92 Å². The van der Waals surface area contributed by atoms with Crippen molar-refractivity contribution < 1.29 is 14.3 Å². The third-order valence-corrected chi connectivity index (χ3v) is 4.35. The Bertz CT molecular complexity index is 496. The minimum atomic E-state index is -0.482. The lowest BCUT2D eigenvalue weighted by atomic mass is 9.95. The number of carbonyl (C=O) groups excluding carboxylic acids is 2. The number of hydrogen-bond acceptors (Lipinski definition) is 4. The third kappa shape index (κ3) is 3.18. The van der Waals surface area contributed by atoms with Crippen molar-refractivity contribution in [3.63, 3.8) is 0 Å². The molecular formula is C15H18O3S. The lowest BCUT2D eigenvalue weighted by molar-refractivity contribution is -0.118. The van der Waals surface area contributed by atoms with E-state index in [1.165, 1.54) is 6.92 Å². The van der Waals surface area contributed by atoms with E-state index in [4.69, 9.17) is 4.74 Å². The normalized spacial score (nSPS) is 18.0. The highest BCUT2D eigenvalue weighted by Gasteiger charge is 2.31. The van der Waals surface area contributed by atoms with Gasteiger partial charge >= 0.3 is 0 Å². The van der Waals surface area contributed by atoms with Crippen molar-refractivity contribution in [2.45, 2.75) is 31.6 Å². The number of ether oxygens (including phenoxy) is 1. The van der Waals surface area contributed by atoms with Crippen LogP contribution in [-0.2, 0) is 4.79 Å². The van der Waals surface area contributed by atoms with Crippen LogP contribution >= 0.6 is 11.8 Å². The molecule has 0 spiro atoms. The summed E-state index contributed by atoms with van der Waals surface area (Å²) in [6.45, 7) is 4.30. The van der Waals surface area contributed by atoms with Crippen LogP contribution in [0.15, 0.2) is 23.1 Å². The van der Waals surface area contributed by atoms with Gasteiger partial charge in [0.25, 0.3) is 0 Å². The highest BCUT2D eigenvalue weighted by Crippen LogP contribution is 2.35. The van der Waals surface area contributed by atoms with E-state index in [1.807, 2.05) is 12.1 Å². The quantitative estimate of drug-likeness (QED) is 0.612. The smallest absolute Gasteiger partial charge is 0.175 e. The zero-order valence-electron chi connectivity index (χ0n) is 11.3. The van der Waals surface area contributed by atoms with Gasteiger partial charge in [-0.15, -0.1) is 11.8 Å². The average molecular weight is 278 g/mol. The SMILES string of the molecule is CCCCOc1ccc2c(c1)SCC(C(C)=O)C2=O. The van der Waals surface area contributed by atoms with E-state index < -0.39 is 5.92 Å². The molecule has 3 nitrogen and oxygen atoms in total. The fourth-order valence-electron chi connectivity index (χ4n) is 1.99. The van der Waals surface area contributed by atoms with Crippen LogP contribution in [0.1, 0.15) is 37.0 Å². The third-order valence-electron chi connectivity index (χ3n) is 3.20. The number of thioether (sulfide) groups is 1. The van der Waals surface area contributed by atoms with Gasteiger partial charge in [0.1, 0.15) is 11.5 Å². The molecule has 2 rings (SSSR count). The first-order valence-corrected chi connectivity index (χ1v) is 7.56. The summed E-state index contributed by atoms with van der Waals surface area (Å²) in [5.41, 5.74) is 0.652. The van der Waals surface area contributed by atoms with Gasteiger partial charge in [0.05, 0.1) is 12.5 Å². The van der Waals surface area contributed by atoms with E-state index in [1.54, 1.807) is 17.8 Å². The van der Waals surface area contributed by atoms with Gasteiger partial charge in [-0.05, 0) is 31.5 Å². The molecule has 19 heavy (non-hydrogen) atoms. The van der Waals surface area contributed by atoms with E-state index in [9.17, 15) is 9.59 Å². The predicted molar refractivity (Wildman–Crippen MR) is 76.1 cm³/mol. The van der Waals surface area contributed by atoms with E-state index in [0.717, 1.165) is 23.5 Å². The summed E-state index contributed by atoms with van der Waals surface area (Å²) in [5.74, 6) is 0.755. The summed E-state index contributed by atoms with van der Waals surface area (Å²) >= 11 is 1.56. The summed E-state index contributed by atoms with van der Waals surface area (Å²) < 4.78 is 5.63. The van der Waals surface area contributed by atoms with Crippen molar-refractivity contribution in [2.75, 3.05) is 12.4 Å².